The second kappa shape index (κ2) is 8.64. The zero-order valence-corrected chi connectivity index (χ0v) is 18.7. The summed E-state index contributed by atoms with van der Waals surface area (Å²) in [4.78, 5) is 29.6. The van der Waals surface area contributed by atoms with Crippen molar-refractivity contribution in [2.75, 3.05) is 11.4 Å². The van der Waals surface area contributed by atoms with E-state index in [9.17, 15) is 14.9 Å². The van der Waals surface area contributed by atoms with Gasteiger partial charge in [-0.3, -0.25) is 19.9 Å². The highest BCUT2D eigenvalue weighted by Crippen LogP contribution is 2.40. The van der Waals surface area contributed by atoms with Crippen molar-refractivity contribution in [3.05, 3.63) is 59.7 Å². The molecule has 2 fully saturated rings. The number of likely N-dealkylation sites (tertiary alicyclic amines) is 1. The van der Waals surface area contributed by atoms with Crippen LogP contribution in [0.1, 0.15) is 44.7 Å². The minimum atomic E-state index is -0.941. The van der Waals surface area contributed by atoms with Crippen molar-refractivity contribution in [3.63, 3.8) is 0 Å². The number of nitriles is 1. The molecule has 2 aliphatic rings. The van der Waals surface area contributed by atoms with Gasteiger partial charge in [0.05, 0.1) is 17.7 Å². The topological polar surface area (TPSA) is 85.7 Å². The Morgan fingerprint density at radius 2 is 2.00 bits per heavy atom. The van der Waals surface area contributed by atoms with E-state index >= 15 is 0 Å². The van der Waals surface area contributed by atoms with E-state index in [0.717, 1.165) is 17.9 Å². The van der Waals surface area contributed by atoms with Crippen LogP contribution in [0.2, 0.25) is 0 Å². The number of urea groups is 1. The Morgan fingerprint density at radius 1 is 1.22 bits per heavy atom. The Hall–Kier alpha value is -3.37. The number of nitrogens with zero attached hydrogens (tertiary/aromatic N) is 3. The number of nitrogens with one attached hydrogen (secondary N) is 1. The van der Waals surface area contributed by atoms with E-state index in [1.807, 2.05) is 26.0 Å². The van der Waals surface area contributed by atoms with Gasteiger partial charge in [-0.15, -0.1) is 0 Å². The van der Waals surface area contributed by atoms with Crippen LogP contribution in [0.5, 0.6) is 5.75 Å². The molecule has 0 radical (unpaired) electrons. The molecule has 2 atom stereocenters. The first kappa shape index (κ1) is 21.8. The number of amides is 3. The lowest BCUT2D eigenvalue weighted by molar-refractivity contribution is -0.125. The first-order valence-electron chi connectivity index (χ1n) is 11.0. The summed E-state index contributed by atoms with van der Waals surface area (Å²) in [6, 6.07) is 16.7. The molecular formula is C25H28N4O3. The molecule has 2 heterocycles. The van der Waals surface area contributed by atoms with Crippen LogP contribution < -0.4 is 15.0 Å². The van der Waals surface area contributed by atoms with Crippen LogP contribution in [0.25, 0.3) is 0 Å². The van der Waals surface area contributed by atoms with Crippen LogP contribution in [0.15, 0.2) is 48.5 Å². The Morgan fingerprint density at radius 3 is 2.72 bits per heavy atom. The number of carbonyl (C=O) groups excluding carboxylic acids is 2. The summed E-state index contributed by atoms with van der Waals surface area (Å²) in [5.74, 6) is 0.589. The summed E-state index contributed by atoms with van der Waals surface area (Å²) in [5.41, 5.74) is 1.24. The van der Waals surface area contributed by atoms with Crippen LogP contribution >= 0.6 is 0 Å². The standard InChI is InChI=1S/C25H28N4O3/c1-17(2)32-22-9-5-7-20(13-22)16-28-11-10-25(14-18(28)3)23(30)27-24(31)29(25)21-8-4-6-19(12-21)15-26/h4-9,12-13,17-18H,10-11,14,16H2,1-3H3,(H,27,30,31)/t18-,25+/m0/s1. The first-order valence-corrected chi connectivity index (χ1v) is 11.0. The highest BCUT2D eigenvalue weighted by Gasteiger charge is 2.56. The van der Waals surface area contributed by atoms with Gasteiger partial charge < -0.3 is 4.74 Å². The fourth-order valence-corrected chi connectivity index (χ4v) is 4.78. The van der Waals surface area contributed by atoms with Gasteiger partial charge in [0.1, 0.15) is 11.3 Å². The number of benzene rings is 2. The second-order valence-corrected chi connectivity index (χ2v) is 8.88. The molecular weight excluding hydrogens is 404 g/mol. The van der Waals surface area contributed by atoms with Crippen molar-refractivity contribution >= 4 is 17.6 Å². The van der Waals surface area contributed by atoms with Crippen molar-refractivity contribution in [2.24, 2.45) is 0 Å². The number of hydrogen-bond donors (Lipinski definition) is 1. The van der Waals surface area contributed by atoms with Crippen molar-refractivity contribution in [1.29, 1.82) is 5.26 Å². The molecule has 2 aliphatic heterocycles. The monoisotopic (exact) mass is 432 g/mol. The quantitative estimate of drug-likeness (QED) is 0.726. The van der Waals surface area contributed by atoms with E-state index in [-0.39, 0.29) is 18.1 Å². The van der Waals surface area contributed by atoms with Gasteiger partial charge in [-0.2, -0.15) is 5.26 Å². The molecule has 2 saturated heterocycles. The number of piperidine rings is 1. The summed E-state index contributed by atoms with van der Waals surface area (Å²) in [7, 11) is 0. The van der Waals surface area contributed by atoms with Gasteiger partial charge in [-0.25, -0.2) is 4.79 Å². The number of hydrogen-bond acceptors (Lipinski definition) is 5. The molecule has 32 heavy (non-hydrogen) atoms. The maximum atomic E-state index is 13.0. The summed E-state index contributed by atoms with van der Waals surface area (Å²) >= 11 is 0. The molecule has 0 aromatic heterocycles. The second-order valence-electron chi connectivity index (χ2n) is 8.88. The number of carbonyl (C=O) groups is 2. The third-order valence-electron chi connectivity index (χ3n) is 6.23. The average Bonchev–Trinajstić information content (AvgIpc) is 2.99. The largest absolute Gasteiger partial charge is 0.491 e. The lowest BCUT2D eigenvalue weighted by Gasteiger charge is -2.45. The molecule has 2 aromatic carbocycles. The SMILES string of the molecule is CC(C)Oc1cccc(CN2CC[C@@]3(C[C@@H]2C)C(=O)NC(=O)N3c2cccc(C#N)c2)c1. The van der Waals surface area contributed by atoms with E-state index in [4.69, 9.17) is 4.74 Å². The normalized spacial score (nSPS) is 23.5. The summed E-state index contributed by atoms with van der Waals surface area (Å²) < 4.78 is 5.82. The van der Waals surface area contributed by atoms with Gasteiger partial charge in [0.15, 0.2) is 0 Å². The minimum absolute atomic E-state index is 0.0803. The number of ether oxygens (including phenoxy) is 1. The summed E-state index contributed by atoms with van der Waals surface area (Å²) in [6.07, 6.45) is 1.15. The molecule has 166 valence electrons. The highest BCUT2D eigenvalue weighted by atomic mass is 16.5. The number of anilines is 1. The van der Waals surface area contributed by atoms with E-state index in [2.05, 4.69) is 35.3 Å². The van der Waals surface area contributed by atoms with E-state index < -0.39 is 11.6 Å². The van der Waals surface area contributed by atoms with Crippen LogP contribution in [0, 0.1) is 11.3 Å². The molecule has 1 spiro atoms. The van der Waals surface area contributed by atoms with E-state index in [1.165, 1.54) is 0 Å². The molecule has 0 unspecified atom stereocenters. The average molecular weight is 433 g/mol. The highest BCUT2D eigenvalue weighted by molar-refractivity contribution is 6.17. The Balaban J connectivity index is 1.55. The Bertz CT molecular complexity index is 1080. The summed E-state index contributed by atoms with van der Waals surface area (Å²) in [5, 5.41) is 11.8. The molecule has 7 heteroatoms. The molecule has 2 aromatic rings. The van der Waals surface area contributed by atoms with Crippen LogP contribution in [-0.2, 0) is 11.3 Å². The van der Waals surface area contributed by atoms with E-state index in [1.54, 1.807) is 29.2 Å². The van der Waals surface area contributed by atoms with Gasteiger partial charge in [0.2, 0.25) is 0 Å². The minimum Gasteiger partial charge on any atom is -0.491 e. The van der Waals surface area contributed by atoms with Crippen molar-refractivity contribution < 1.29 is 14.3 Å². The smallest absolute Gasteiger partial charge is 0.329 e. The van der Waals surface area contributed by atoms with Crippen LogP contribution in [0.4, 0.5) is 10.5 Å². The maximum Gasteiger partial charge on any atom is 0.329 e. The van der Waals surface area contributed by atoms with Gasteiger partial charge >= 0.3 is 6.03 Å². The third kappa shape index (κ3) is 4.06. The molecule has 0 saturated carbocycles. The number of imide groups is 1. The van der Waals surface area contributed by atoms with Crippen LogP contribution in [-0.4, -0.2) is 41.1 Å². The Kier molecular flexibility index (Phi) is 5.90. The van der Waals surface area contributed by atoms with Crippen molar-refractivity contribution in [1.82, 2.24) is 10.2 Å². The van der Waals surface area contributed by atoms with Gasteiger partial charge in [-0.05, 0) is 69.5 Å². The first-order chi connectivity index (χ1) is 15.3. The lowest BCUT2D eigenvalue weighted by atomic mass is 9.81. The molecule has 0 aliphatic carbocycles. The molecule has 4 rings (SSSR count). The van der Waals surface area contributed by atoms with E-state index in [0.29, 0.717) is 30.6 Å². The van der Waals surface area contributed by atoms with Crippen LogP contribution in [0.3, 0.4) is 0 Å². The maximum absolute atomic E-state index is 13.0. The fourth-order valence-electron chi connectivity index (χ4n) is 4.78. The Labute approximate surface area is 188 Å². The molecule has 0 bridgehead atoms. The van der Waals surface area contributed by atoms with Gasteiger partial charge in [-0.1, -0.05) is 18.2 Å². The molecule has 7 nitrogen and oxygen atoms in total. The third-order valence-corrected chi connectivity index (χ3v) is 6.23. The predicted octanol–water partition coefficient (Wildman–Crippen LogP) is 3.82. The van der Waals surface area contributed by atoms with Crippen molar-refractivity contribution in [2.45, 2.75) is 57.8 Å². The lowest BCUT2D eigenvalue weighted by Crippen LogP contribution is -2.59. The fraction of sp³-hybridized carbons (Fsp3) is 0.400. The van der Waals surface area contributed by atoms with Crippen molar-refractivity contribution in [3.8, 4) is 11.8 Å². The number of rotatable bonds is 5. The summed E-state index contributed by atoms with van der Waals surface area (Å²) in [6.45, 7) is 7.52. The molecule has 1 N–H and O–H groups in total. The van der Waals surface area contributed by atoms with Gasteiger partial charge in [0.25, 0.3) is 5.91 Å². The van der Waals surface area contributed by atoms with Gasteiger partial charge in [0, 0.05) is 24.8 Å². The molecule has 3 amide bonds. The predicted molar refractivity (Wildman–Crippen MR) is 121 cm³/mol. The zero-order chi connectivity index (χ0) is 22.9. The zero-order valence-electron chi connectivity index (χ0n) is 18.7.